The normalized spacial score (nSPS) is 15.7. The molecule has 4 nitrogen and oxygen atoms in total. The van der Waals surface area contributed by atoms with Gasteiger partial charge in [0.05, 0.1) is 4.90 Å². The summed E-state index contributed by atoms with van der Waals surface area (Å²) in [5.74, 6) is 0. The third-order valence-corrected chi connectivity index (χ3v) is 5.84. The van der Waals surface area contributed by atoms with E-state index in [0.29, 0.717) is 11.4 Å². The molecule has 5 heteroatoms. The van der Waals surface area contributed by atoms with Crippen LogP contribution in [0, 0.1) is 6.92 Å². The summed E-state index contributed by atoms with van der Waals surface area (Å²) in [5.41, 5.74) is 3.29. The average molecular weight is 344 g/mol. The van der Waals surface area contributed by atoms with Gasteiger partial charge in [-0.15, -0.1) is 0 Å². The van der Waals surface area contributed by atoms with E-state index in [2.05, 4.69) is 21.8 Å². The Labute approximate surface area is 144 Å². The van der Waals surface area contributed by atoms with Crippen LogP contribution in [0.5, 0.6) is 0 Å². The number of rotatable bonds is 6. The molecule has 0 amide bonds. The number of sulfonamides is 1. The number of nitrogens with one attached hydrogen (secondary N) is 1. The van der Waals surface area contributed by atoms with E-state index in [-0.39, 0.29) is 0 Å². The van der Waals surface area contributed by atoms with E-state index in [4.69, 9.17) is 0 Å². The molecular weight excluding hydrogens is 320 g/mol. The number of nitrogens with zero attached hydrogens (tertiary/aromatic N) is 1. The van der Waals surface area contributed by atoms with E-state index in [1.165, 1.54) is 31.5 Å². The quantitative estimate of drug-likeness (QED) is 0.876. The van der Waals surface area contributed by atoms with Crippen molar-refractivity contribution in [3.8, 4) is 0 Å². The van der Waals surface area contributed by atoms with Gasteiger partial charge in [-0.25, -0.2) is 13.1 Å². The SMILES string of the molecule is Cc1ccc(S(=O)(=O)NCc2ccc(CN3CCCC3)cc2)cc1. The molecule has 1 fully saturated rings. The lowest BCUT2D eigenvalue weighted by molar-refractivity contribution is 0.331. The van der Waals surface area contributed by atoms with Crippen molar-refractivity contribution in [1.29, 1.82) is 0 Å². The Morgan fingerprint density at radius 2 is 1.50 bits per heavy atom. The number of hydrogen-bond acceptors (Lipinski definition) is 3. The topological polar surface area (TPSA) is 49.4 Å². The minimum absolute atomic E-state index is 0.304. The minimum atomic E-state index is -3.46. The van der Waals surface area contributed by atoms with E-state index < -0.39 is 10.0 Å². The Morgan fingerprint density at radius 3 is 2.12 bits per heavy atom. The Hall–Kier alpha value is -1.69. The molecule has 0 atom stereocenters. The van der Waals surface area contributed by atoms with E-state index in [0.717, 1.165) is 17.7 Å². The highest BCUT2D eigenvalue weighted by atomic mass is 32.2. The van der Waals surface area contributed by atoms with E-state index in [9.17, 15) is 8.42 Å². The first-order valence-corrected chi connectivity index (χ1v) is 9.88. The fourth-order valence-electron chi connectivity index (χ4n) is 2.94. The van der Waals surface area contributed by atoms with Gasteiger partial charge in [-0.1, -0.05) is 42.0 Å². The summed E-state index contributed by atoms with van der Waals surface area (Å²) in [5, 5.41) is 0. The van der Waals surface area contributed by atoms with Gasteiger partial charge in [-0.05, 0) is 56.1 Å². The average Bonchev–Trinajstić information content (AvgIpc) is 3.08. The Morgan fingerprint density at radius 1 is 0.917 bits per heavy atom. The van der Waals surface area contributed by atoms with Crippen LogP contribution in [-0.2, 0) is 23.1 Å². The van der Waals surface area contributed by atoms with Gasteiger partial charge in [0.2, 0.25) is 10.0 Å². The highest BCUT2D eigenvalue weighted by Crippen LogP contribution is 2.14. The van der Waals surface area contributed by atoms with E-state index in [1.54, 1.807) is 12.1 Å². The molecule has 1 heterocycles. The predicted molar refractivity (Wildman–Crippen MR) is 96.2 cm³/mol. The molecule has 128 valence electrons. The second-order valence-corrected chi connectivity index (χ2v) is 8.20. The molecule has 1 aliphatic heterocycles. The van der Waals surface area contributed by atoms with Gasteiger partial charge in [0.15, 0.2) is 0 Å². The van der Waals surface area contributed by atoms with Gasteiger partial charge in [-0.2, -0.15) is 0 Å². The van der Waals surface area contributed by atoms with E-state index in [1.807, 2.05) is 31.2 Å². The van der Waals surface area contributed by atoms with Gasteiger partial charge in [0.1, 0.15) is 0 Å². The van der Waals surface area contributed by atoms with E-state index >= 15 is 0 Å². The standard InChI is InChI=1S/C19H24N2O2S/c1-16-4-10-19(11-5-16)24(22,23)20-14-17-6-8-18(9-7-17)15-21-12-2-3-13-21/h4-11,20H,2-3,12-15H2,1H3. The monoisotopic (exact) mass is 344 g/mol. The molecule has 0 aliphatic carbocycles. The maximum atomic E-state index is 12.3. The van der Waals surface area contributed by atoms with Gasteiger partial charge in [0.25, 0.3) is 0 Å². The molecule has 0 spiro atoms. The summed E-state index contributed by atoms with van der Waals surface area (Å²) in [6.45, 7) is 5.58. The maximum Gasteiger partial charge on any atom is 0.240 e. The Bertz CT molecular complexity index is 762. The zero-order valence-electron chi connectivity index (χ0n) is 14.0. The second-order valence-electron chi connectivity index (χ2n) is 6.44. The smallest absolute Gasteiger partial charge is 0.240 e. The molecule has 0 radical (unpaired) electrons. The van der Waals surface area contributed by atoms with Gasteiger partial charge in [0, 0.05) is 13.1 Å². The van der Waals surface area contributed by atoms with Crippen molar-refractivity contribution in [1.82, 2.24) is 9.62 Å². The lowest BCUT2D eigenvalue weighted by Gasteiger charge is -2.14. The summed E-state index contributed by atoms with van der Waals surface area (Å²) < 4.78 is 27.3. The van der Waals surface area contributed by atoms with Crippen LogP contribution in [0.2, 0.25) is 0 Å². The molecule has 0 saturated carbocycles. The van der Waals surface area contributed by atoms with Crippen molar-refractivity contribution in [3.63, 3.8) is 0 Å². The maximum absolute atomic E-state index is 12.3. The molecule has 1 saturated heterocycles. The molecule has 0 bridgehead atoms. The van der Waals surface area contributed by atoms with Crippen molar-refractivity contribution in [2.45, 2.75) is 37.8 Å². The third kappa shape index (κ3) is 4.44. The van der Waals surface area contributed by atoms with Crippen molar-refractivity contribution in [2.24, 2.45) is 0 Å². The number of benzene rings is 2. The first kappa shape index (κ1) is 17.1. The number of hydrogen-bond donors (Lipinski definition) is 1. The van der Waals surface area contributed by atoms with Crippen LogP contribution in [-0.4, -0.2) is 26.4 Å². The fraction of sp³-hybridized carbons (Fsp3) is 0.368. The van der Waals surface area contributed by atoms with Crippen LogP contribution in [0.1, 0.15) is 29.5 Å². The summed E-state index contributed by atoms with van der Waals surface area (Å²) in [7, 11) is -3.46. The largest absolute Gasteiger partial charge is 0.299 e. The van der Waals surface area contributed by atoms with Gasteiger partial charge in [-0.3, -0.25) is 4.90 Å². The highest BCUT2D eigenvalue weighted by Gasteiger charge is 2.14. The summed E-state index contributed by atoms with van der Waals surface area (Å²) in [4.78, 5) is 2.76. The van der Waals surface area contributed by atoms with Crippen LogP contribution >= 0.6 is 0 Å². The first-order chi connectivity index (χ1) is 11.5. The molecule has 3 rings (SSSR count). The summed E-state index contributed by atoms with van der Waals surface area (Å²) in [6.07, 6.45) is 2.58. The molecule has 0 unspecified atom stereocenters. The van der Waals surface area contributed by atoms with Crippen molar-refractivity contribution in [3.05, 3.63) is 65.2 Å². The first-order valence-electron chi connectivity index (χ1n) is 8.39. The van der Waals surface area contributed by atoms with Crippen LogP contribution in [0.15, 0.2) is 53.4 Å². The highest BCUT2D eigenvalue weighted by molar-refractivity contribution is 7.89. The molecule has 2 aromatic rings. The number of likely N-dealkylation sites (tertiary alicyclic amines) is 1. The summed E-state index contributed by atoms with van der Waals surface area (Å²) >= 11 is 0. The molecule has 24 heavy (non-hydrogen) atoms. The third-order valence-electron chi connectivity index (χ3n) is 4.43. The van der Waals surface area contributed by atoms with Crippen LogP contribution < -0.4 is 4.72 Å². The van der Waals surface area contributed by atoms with Gasteiger partial charge < -0.3 is 0 Å². The molecule has 0 aromatic heterocycles. The number of aryl methyl sites for hydroxylation is 1. The van der Waals surface area contributed by atoms with Crippen LogP contribution in [0.3, 0.4) is 0 Å². The Balaban J connectivity index is 1.58. The Kier molecular flexibility index (Phi) is 5.33. The summed E-state index contributed by atoms with van der Waals surface area (Å²) in [6, 6.07) is 15.1. The van der Waals surface area contributed by atoms with Gasteiger partial charge >= 0.3 is 0 Å². The second kappa shape index (κ2) is 7.47. The zero-order valence-corrected chi connectivity index (χ0v) is 14.8. The molecular formula is C19H24N2O2S. The lowest BCUT2D eigenvalue weighted by Crippen LogP contribution is -2.23. The van der Waals surface area contributed by atoms with Crippen molar-refractivity contribution < 1.29 is 8.42 Å². The van der Waals surface area contributed by atoms with Crippen LogP contribution in [0.4, 0.5) is 0 Å². The minimum Gasteiger partial charge on any atom is -0.299 e. The predicted octanol–water partition coefficient (Wildman–Crippen LogP) is 3.07. The zero-order chi connectivity index (χ0) is 17.0. The molecule has 2 aromatic carbocycles. The van der Waals surface area contributed by atoms with Crippen molar-refractivity contribution >= 4 is 10.0 Å². The van der Waals surface area contributed by atoms with Crippen LogP contribution in [0.25, 0.3) is 0 Å². The fourth-order valence-corrected chi connectivity index (χ4v) is 3.96. The van der Waals surface area contributed by atoms with Crippen molar-refractivity contribution in [2.75, 3.05) is 13.1 Å². The molecule has 1 aliphatic rings. The lowest BCUT2D eigenvalue weighted by atomic mass is 10.1. The molecule has 1 N–H and O–H groups in total.